The van der Waals surface area contributed by atoms with Crippen LogP contribution in [0.3, 0.4) is 0 Å². The van der Waals surface area contributed by atoms with E-state index in [-0.39, 0.29) is 5.91 Å². The standard InChI is InChI=1S/C18H21Cl2N3OS/c1-21(12-14-6-7-17(20)25-14)18(24)13-22-8-10-23(11-9-22)16-5-3-2-4-15(16)19/h2-7H,8-13H2,1H3. The Morgan fingerprint density at radius 3 is 2.48 bits per heavy atom. The molecule has 4 nitrogen and oxygen atoms in total. The number of carbonyl (C=O) groups is 1. The van der Waals surface area contributed by atoms with Crippen LogP contribution >= 0.6 is 34.5 Å². The van der Waals surface area contributed by atoms with Crippen molar-refractivity contribution >= 4 is 46.1 Å². The molecule has 1 aliphatic rings. The van der Waals surface area contributed by atoms with Crippen molar-refractivity contribution in [3.05, 3.63) is 50.6 Å². The minimum Gasteiger partial charge on any atom is -0.368 e. The van der Waals surface area contributed by atoms with Crippen molar-refractivity contribution < 1.29 is 4.79 Å². The molecule has 0 aliphatic carbocycles. The Hall–Kier alpha value is -1.27. The van der Waals surface area contributed by atoms with Gasteiger partial charge in [0.15, 0.2) is 0 Å². The lowest BCUT2D eigenvalue weighted by atomic mass is 10.2. The molecule has 0 atom stereocenters. The molecule has 0 saturated carbocycles. The van der Waals surface area contributed by atoms with Crippen molar-refractivity contribution in [2.75, 3.05) is 44.7 Å². The fraction of sp³-hybridized carbons (Fsp3) is 0.389. The molecule has 7 heteroatoms. The predicted molar refractivity (Wildman–Crippen MR) is 106 cm³/mol. The summed E-state index contributed by atoms with van der Waals surface area (Å²) in [6.45, 7) is 4.52. The van der Waals surface area contributed by atoms with Crippen LogP contribution in [0.2, 0.25) is 9.36 Å². The van der Waals surface area contributed by atoms with Gasteiger partial charge in [-0.15, -0.1) is 11.3 Å². The molecule has 0 N–H and O–H groups in total. The van der Waals surface area contributed by atoms with Crippen molar-refractivity contribution in [1.29, 1.82) is 0 Å². The number of piperazine rings is 1. The molecule has 25 heavy (non-hydrogen) atoms. The third-order valence-corrected chi connectivity index (χ3v) is 5.91. The van der Waals surface area contributed by atoms with E-state index in [1.807, 2.05) is 43.4 Å². The van der Waals surface area contributed by atoms with E-state index >= 15 is 0 Å². The van der Waals surface area contributed by atoms with Crippen molar-refractivity contribution in [1.82, 2.24) is 9.80 Å². The van der Waals surface area contributed by atoms with Crippen LogP contribution in [0.5, 0.6) is 0 Å². The Balaban J connectivity index is 1.48. The second-order valence-electron chi connectivity index (χ2n) is 6.17. The maximum Gasteiger partial charge on any atom is 0.236 e. The van der Waals surface area contributed by atoms with Gasteiger partial charge in [-0.1, -0.05) is 35.3 Å². The van der Waals surface area contributed by atoms with Gasteiger partial charge in [-0.2, -0.15) is 0 Å². The quantitative estimate of drug-likeness (QED) is 0.766. The minimum absolute atomic E-state index is 0.135. The van der Waals surface area contributed by atoms with Crippen LogP contribution in [-0.4, -0.2) is 55.5 Å². The van der Waals surface area contributed by atoms with Crippen molar-refractivity contribution in [3.63, 3.8) is 0 Å². The maximum absolute atomic E-state index is 12.4. The fourth-order valence-corrected chi connectivity index (χ4v) is 4.32. The molecule has 1 saturated heterocycles. The zero-order chi connectivity index (χ0) is 17.8. The molecular weight excluding hydrogens is 377 g/mol. The third kappa shape index (κ3) is 4.88. The molecular formula is C18H21Cl2N3OS. The summed E-state index contributed by atoms with van der Waals surface area (Å²) < 4.78 is 0.756. The highest BCUT2D eigenvalue weighted by Crippen LogP contribution is 2.26. The number of amides is 1. The van der Waals surface area contributed by atoms with Gasteiger partial charge in [-0.3, -0.25) is 9.69 Å². The summed E-state index contributed by atoms with van der Waals surface area (Å²) in [6, 6.07) is 11.7. The summed E-state index contributed by atoms with van der Waals surface area (Å²) in [7, 11) is 1.84. The van der Waals surface area contributed by atoms with Gasteiger partial charge in [0.25, 0.3) is 0 Å². The molecule has 134 valence electrons. The van der Waals surface area contributed by atoms with Crippen LogP contribution in [0.25, 0.3) is 0 Å². The molecule has 1 aromatic carbocycles. The molecule has 2 heterocycles. The molecule has 3 rings (SSSR count). The summed E-state index contributed by atoms with van der Waals surface area (Å²) in [4.78, 5) is 19.8. The summed E-state index contributed by atoms with van der Waals surface area (Å²) in [6.07, 6.45) is 0. The smallest absolute Gasteiger partial charge is 0.236 e. The topological polar surface area (TPSA) is 26.8 Å². The summed E-state index contributed by atoms with van der Waals surface area (Å²) >= 11 is 13.7. The number of rotatable bonds is 5. The lowest BCUT2D eigenvalue weighted by Gasteiger charge is -2.36. The van der Waals surface area contributed by atoms with Crippen LogP contribution in [-0.2, 0) is 11.3 Å². The van der Waals surface area contributed by atoms with Gasteiger partial charge in [0.1, 0.15) is 0 Å². The van der Waals surface area contributed by atoms with E-state index < -0.39 is 0 Å². The average molecular weight is 398 g/mol. The van der Waals surface area contributed by atoms with E-state index in [4.69, 9.17) is 23.2 Å². The van der Waals surface area contributed by atoms with Gasteiger partial charge in [0, 0.05) is 38.1 Å². The molecule has 1 fully saturated rings. The van der Waals surface area contributed by atoms with E-state index in [0.717, 1.165) is 46.1 Å². The Bertz CT molecular complexity index is 729. The summed E-state index contributed by atoms with van der Waals surface area (Å²) in [5.74, 6) is 0.135. The highest BCUT2D eigenvalue weighted by molar-refractivity contribution is 7.16. The fourth-order valence-electron chi connectivity index (χ4n) is 2.93. The second kappa shape index (κ2) is 8.41. The lowest BCUT2D eigenvalue weighted by molar-refractivity contribution is -0.131. The normalized spacial score (nSPS) is 15.4. The van der Waals surface area contributed by atoms with Crippen LogP contribution in [0, 0.1) is 0 Å². The number of halogens is 2. The summed E-state index contributed by atoms with van der Waals surface area (Å²) in [5, 5.41) is 0.779. The SMILES string of the molecule is CN(Cc1ccc(Cl)s1)C(=O)CN1CCN(c2ccccc2Cl)CC1. The Morgan fingerprint density at radius 2 is 1.84 bits per heavy atom. The van der Waals surface area contributed by atoms with Crippen LogP contribution < -0.4 is 4.90 Å². The van der Waals surface area contributed by atoms with Gasteiger partial charge in [0.05, 0.1) is 28.1 Å². The van der Waals surface area contributed by atoms with E-state index in [9.17, 15) is 4.79 Å². The van der Waals surface area contributed by atoms with E-state index in [0.29, 0.717) is 13.1 Å². The number of benzene rings is 1. The number of hydrogen-bond acceptors (Lipinski definition) is 4. The van der Waals surface area contributed by atoms with Gasteiger partial charge in [-0.05, 0) is 24.3 Å². The first-order valence-corrected chi connectivity index (χ1v) is 9.80. The van der Waals surface area contributed by atoms with Gasteiger partial charge in [0.2, 0.25) is 5.91 Å². The van der Waals surface area contributed by atoms with E-state index in [1.165, 1.54) is 11.3 Å². The molecule has 1 amide bonds. The molecule has 0 unspecified atom stereocenters. The molecule has 1 aromatic heterocycles. The van der Waals surface area contributed by atoms with Crippen LogP contribution in [0.1, 0.15) is 4.88 Å². The number of anilines is 1. The van der Waals surface area contributed by atoms with E-state index in [2.05, 4.69) is 9.80 Å². The largest absolute Gasteiger partial charge is 0.368 e. The third-order valence-electron chi connectivity index (χ3n) is 4.37. The average Bonchev–Trinajstić information content (AvgIpc) is 3.01. The number of para-hydroxylation sites is 1. The Labute approximate surface area is 162 Å². The molecule has 0 bridgehead atoms. The highest BCUT2D eigenvalue weighted by atomic mass is 35.5. The molecule has 0 radical (unpaired) electrons. The Kier molecular flexibility index (Phi) is 6.23. The maximum atomic E-state index is 12.4. The van der Waals surface area contributed by atoms with Crippen molar-refractivity contribution in [3.8, 4) is 0 Å². The van der Waals surface area contributed by atoms with Gasteiger partial charge >= 0.3 is 0 Å². The monoisotopic (exact) mass is 397 g/mol. The van der Waals surface area contributed by atoms with Crippen LogP contribution in [0.15, 0.2) is 36.4 Å². The minimum atomic E-state index is 0.135. The molecule has 2 aromatic rings. The van der Waals surface area contributed by atoms with Gasteiger partial charge < -0.3 is 9.80 Å². The van der Waals surface area contributed by atoms with E-state index in [1.54, 1.807) is 4.90 Å². The number of thiophene rings is 1. The lowest BCUT2D eigenvalue weighted by Crippen LogP contribution is -2.49. The number of likely N-dealkylation sites (N-methyl/N-ethyl adjacent to an activating group) is 1. The first-order chi connectivity index (χ1) is 12.0. The van der Waals surface area contributed by atoms with Crippen LogP contribution in [0.4, 0.5) is 5.69 Å². The predicted octanol–water partition coefficient (Wildman–Crippen LogP) is 3.84. The summed E-state index contributed by atoms with van der Waals surface area (Å²) in [5.41, 5.74) is 1.07. The number of carbonyl (C=O) groups excluding carboxylic acids is 1. The molecule has 0 spiro atoms. The highest BCUT2D eigenvalue weighted by Gasteiger charge is 2.21. The second-order valence-corrected chi connectivity index (χ2v) is 8.38. The number of hydrogen-bond donors (Lipinski definition) is 0. The van der Waals surface area contributed by atoms with Crippen molar-refractivity contribution in [2.24, 2.45) is 0 Å². The Morgan fingerprint density at radius 1 is 1.12 bits per heavy atom. The van der Waals surface area contributed by atoms with Crippen molar-refractivity contribution in [2.45, 2.75) is 6.54 Å². The molecule has 1 aliphatic heterocycles. The number of nitrogens with zero attached hydrogens (tertiary/aromatic N) is 3. The first-order valence-electron chi connectivity index (χ1n) is 8.23. The van der Waals surface area contributed by atoms with Gasteiger partial charge in [-0.25, -0.2) is 0 Å². The first kappa shape index (κ1) is 18.5. The zero-order valence-electron chi connectivity index (χ0n) is 14.1. The zero-order valence-corrected chi connectivity index (χ0v) is 16.4.